The van der Waals surface area contributed by atoms with Gasteiger partial charge < -0.3 is 14.8 Å². The Labute approximate surface area is 93.9 Å². The molecule has 2 N–H and O–H groups in total. The first-order chi connectivity index (χ1) is 7.50. The van der Waals surface area contributed by atoms with Gasteiger partial charge in [0.25, 0.3) is 0 Å². The van der Waals surface area contributed by atoms with Gasteiger partial charge in [-0.2, -0.15) is 0 Å². The minimum absolute atomic E-state index is 0.165. The fourth-order valence-corrected chi connectivity index (χ4v) is 1.37. The molecule has 0 spiro atoms. The van der Waals surface area contributed by atoms with Crippen molar-refractivity contribution in [3.8, 4) is 0 Å². The zero-order valence-corrected chi connectivity index (χ0v) is 9.50. The third-order valence-corrected chi connectivity index (χ3v) is 2.22. The monoisotopic (exact) mass is 227 g/mol. The minimum atomic E-state index is -1.32. The predicted octanol–water partition coefficient (Wildman–Crippen LogP) is 0.312. The van der Waals surface area contributed by atoms with Gasteiger partial charge in [-0.15, -0.1) is 10.2 Å². The van der Waals surface area contributed by atoms with Gasteiger partial charge in [-0.3, -0.25) is 0 Å². The Morgan fingerprint density at radius 3 is 2.81 bits per heavy atom. The van der Waals surface area contributed by atoms with Crippen molar-refractivity contribution in [1.82, 2.24) is 14.8 Å². The van der Waals surface area contributed by atoms with E-state index >= 15 is 0 Å². The van der Waals surface area contributed by atoms with Crippen LogP contribution >= 0.6 is 0 Å². The van der Waals surface area contributed by atoms with Crippen LogP contribution in [0.15, 0.2) is 6.33 Å². The number of hydrogen-bond donors (Lipinski definition) is 2. The molecule has 16 heavy (non-hydrogen) atoms. The largest absolute Gasteiger partial charge is 0.479 e. The maximum atomic E-state index is 10.4. The minimum Gasteiger partial charge on any atom is -0.479 e. The van der Waals surface area contributed by atoms with Gasteiger partial charge in [-0.1, -0.05) is 13.8 Å². The summed E-state index contributed by atoms with van der Waals surface area (Å²) in [5, 5.41) is 25.4. The van der Waals surface area contributed by atoms with E-state index in [-0.39, 0.29) is 6.42 Å². The molecule has 1 heterocycles. The number of rotatable bonds is 6. The third-order valence-electron chi connectivity index (χ3n) is 2.22. The molecule has 1 aromatic rings. The molecule has 0 fully saturated rings. The Morgan fingerprint density at radius 2 is 2.25 bits per heavy atom. The van der Waals surface area contributed by atoms with E-state index in [4.69, 9.17) is 10.2 Å². The number of aliphatic hydroxyl groups excluding tert-OH is 1. The zero-order valence-electron chi connectivity index (χ0n) is 9.50. The molecule has 90 valence electrons. The van der Waals surface area contributed by atoms with Gasteiger partial charge >= 0.3 is 5.97 Å². The van der Waals surface area contributed by atoms with Crippen LogP contribution in [0.2, 0.25) is 0 Å². The number of aliphatic hydroxyl groups is 1. The van der Waals surface area contributed by atoms with Crippen molar-refractivity contribution in [2.24, 2.45) is 5.92 Å². The van der Waals surface area contributed by atoms with Gasteiger partial charge in [0.05, 0.1) is 0 Å². The number of carboxylic acids is 1. The van der Waals surface area contributed by atoms with Crippen LogP contribution in [0.4, 0.5) is 0 Å². The van der Waals surface area contributed by atoms with Crippen molar-refractivity contribution in [1.29, 1.82) is 0 Å². The molecule has 1 aromatic heterocycles. The molecule has 6 nitrogen and oxygen atoms in total. The van der Waals surface area contributed by atoms with Crippen LogP contribution in [-0.2, 0) is 17.8 Å². The molecule has 0 aromatic carbocycles. The number of carboxylic acid groups (broad SMARTS) is 1. The van der Waals surface area contributed by atoms with Crippen LogP contribution in [0.1, 0.15) is 26.1 Å². The summed E-state index contributed by atoms with van der Waals surface area (Å²) in [7, 11) is 0. The lowest BCUT2D eigenvalue weighted by molar-refractivity contribution is -0.147. The van der Waals surface area contributed by atoms with Gasteiger partial charge in [-0.25, -0.2) is 4.79 Å². The van der Waals surface area contributed by atoms with Gasteiger partial charge in [0.1, 0.15) is 12.2 Å². The highest BCUT2D eigenvalue weighted by atomic mass is 16.4. The van der Waals surface area contributed by atoms with E-state index < -0.39 is 12.1 Å². The summed E-state index contributed by atoms with van der Waals surface area (Å²) in [6, 6.07) is 0. The van der Waals surface area contributed by atoms with E-state index in [1.54, 1.807) is 10.9 Å². The Hall–Kier alpha value is -1.43. The Kier molecular flexibility index (Phi) is 4.42. The molecule has 0 aliphatic carbocycles. The molecule has 0 amide bonds. The lowest BCUT2D eigenvalue weighted by atomic mass is 10.1. The second-order valence-electron chi connectivity index (χ2n) is 4.18. The smallest absolute Gasteiger partial charge is 0.332 e. The Balaban J connectivity index is 2.53. The summed E-state index contributed by atoms with van der Waals surface area (Å²) < 4.78 is 1.78. The van der Waals surface area contributed by atoms with Crippen molar-refractivity contribution in [3.63, 3.8) is 0 Å². The zero-order chi connectivity index (χ0) is 12.1. The van der Waals surface area contributed by atoms with E-state index in [9.17, 15) is 4.79 Å². The van der Waals surface area contributed by atoms with E-state index in [2.05, 4.69) is 24.0 Å². The van der Waals surface area contributed by atoms with Crippen LogP contribution in [0, 0.1) is 5.92 Å². The van der Waals surface area contributed by atoms with E-state index in [1.165, 1.54) is 0 Å². The van der Waals surface area contributed by atoms with Crippen molar-refractivity contribution < 1.29 is 15.0 Å². The van der Waals surface area contributed by atoms with Crippen molar-refractivity contribution in [2.75, 3.05) is 0 Å². The summed E-state index contributed by atoms with van der Waals surface area (Å²) in [5.74, 6) is 0.0958. The number of aryl methyl sites for hydroxylation is 1. The van der Waals surface area contributed by atoms with Crippen molar-refractivity contribution >= 4 is 5.97 Å². The first-order valence-corrected chi connectivity index (χ1v) is 5.28. The highest BCUT2D eigenvalue weighted by molar-refractivity contribution is 5.71. The topological polar surface area (TPSA) is 88.2 Å². The maximum Gasteiger partial charge on any atom is 0.332 e. The molecule has 1 rings (SSSR count). The van der Waals surface area contributed by atoms with E-state index in [0.29, 0.717) is 12.5 Å². The number of aromatic nitrogens is 3. The van der Waals surface area contributed by atoms with Gasteiger partial charge in [-0.05, 0) is 5.92 Å². The summed E-state index contributed by atoms with van der Waals surface area (Å²) in [4.78, 5) is 10.4. The van der Waals surface area contributed by atoms with Crippen molar-refractivity contribution in [2.45, 2.75) is 39.3 Å². The number of aliphatic carboxylic acids is 1. The highest BCUT2D eigenvalue weighted by Crippen LogP contribution is 2.06. The molecule has 1 unspecified atom stereocenters. The van der Waals surface area contributed by atoms with Gasteiger partial charge in [0, 0.05) is 19.4 Å². The first kappa shape index (κ1) is 12.6. The average Bonchev–Trinajstić information content (AvgIpc) is 2.60. The summed E-state index contributed by atoms with van der Waals surface area (Å²) >= 11 is 0. The maximum absolute atomic E-state index is 10.4. The fraction of sp³-hybridized carbons (Fsp3) is 0.700. The fourth-order valence-electron chi connectivity index (χ4n) is 1.37. The van der Waals surface area contributed by atoms with Crippen LogP contribution in [0.5, 0.6) is 0 Å². The SMILES string of the molecule is CC(C)Cc1nncn1CCC(O)C(=O)O. The number of nitrogens with zero attached hydrogens (tertiary/aromatic N) is 3. The highest BCUT2D eigenvalue weighted by Gasteiger charge is 2.14. The molecule has 0 aliphatic heterocycles. The Morgan fingerprint density at radius 1 is 1.56 bits per heavy atom. The number of carbonyl (C=O) groups is 1. The third kappa shape index (κ3) is 3.62. The quantitative estimate of drug-likeness (QED) is 0.730. The van der Waals surface area contributed by atoms with Crippen LogP contribution < -0.4 is 0 Å². The summed E-state index contributed by atoms with van der Waals surface area (Å²) in [5.41, 5.74) is 0. The van der Waals surface area contributed by atoms with E-state index in [0.717, 1.165) is 12.2 Å². The van der Waals surface area contributed by atoms with E-state index in [1.807, 2.05) is 0 Å². The average molecular weight is 227 g/mol. The molecular formula is C10H17N3O3. The Bertz CT molecular complexity index is 349. The van der Waals surface area contributed by atoms with Crippen molar-refractivity contribution in [3.05, 3.63) is 12.2 Å². The predicted molar refractivity (Wildman–Crippen MR) is 56.8 cm³/mol. The van der Waals surface area contributed by atoms with Gasteiger partial charge in [0.15, 0.2) is 6.10 Å². The lowest BCUT2D eigenvalue weighted by Gasteiger charge is -2.09. The molecule has 0 aliphatic rings. The number of hydrogen-bond acceptors (Lipinski definition) is 4. The van der Waals surface area contributed by atoms with Crippen LogP contribution in [0.25, 0.3) is 0 Å². The molecular weight excluding hydrogens is 210 g/mol. The standard InChI is InChI=1S/C10H17N3O3/c1-7(2)5-9-12-11-6-13(9)4-3-8(14)10(15)16/h6-8,14H,3-5H2,1-2H3,(H,15,16). The molecule has 0 bridgehead atoms. The van der Waals surface area contributed by atoms with Crippen LogP contribution in [-0.4, -0.2) is 37.1 Å². The normalized spacial score (nSPS) is 13.0. The first-order valence-electron chi connectivity index (χ1n) is 5.28. The molecule has 0 radical (unpaired) electrons. The lowest BCUT2D eigenvalue weighted by Crippen LogP contribution is -2.21. The summed E-state index contributed by atoms with van der Waals surface area (Å²) in [6.07, 6.45) is 1.20. The molecule has 6 heteroatoms. The van der Waals surface area contributed by atoms with Crippen LogP contribution in [0.3, 0.4) is 0 Å². The molecule has 1 atom stereocenters. The second kappa shape index (κ2) is 5.60. The van der Waals surface area contributed by atoms with Gasteiger partial charge in [0.2, 0.25) is 0 Å². The second-order valence-corrected chi connectivity index (χ2v) is 4.18. The molecule has 0 saturated heterocycles. The molecule has 0 saturated carbocycles. The summed E-state index contributed by atoms with van der Waals surface area (Å²) in [6.45, 7) is 4.57.